The molecule has 0 aliphatic carbocycles. The van der Waals surface area contributed by atoms with Crippen LogP contribution in [0.4, 0.5) is 0 Å². The van der Waals surface area contributed by atoms with E-state index >= 15 is 0 Å². The second kappa shape index (κ2) is 8.13. The summed E-state index contributed by atoms with van der Waals surface area (Å²) in [5, 5.41) is 4.20. The van der Waals surface area contributed by atoms with Crippen molar-refractivity contribution >= 4 is 23.8 Å². The number of hydrogen-bond donors (Lipinski definition) is 0. The molecule has 0 aromatic heterocycles. The Balaban J connectivity index is 1.73. The molecule has 0 atom stereocenters. The SMILES string of the molecule is c1ccc(Cc2cccc(P(c3ccccc3)c3ccccc3)c2)cc1. The minimum absolute atomic E-state index is 0.537. The molecule has 4 aromatic rings. The quantitative estimate of drug-likeness (QED) is 0.442. The van der Waals surface area contributed by atoms with E-state index in [4.69, 9.17) is 0 Å². The third-order valence-corrected chi connectivity index (χ3v) is 6.87. The lowest BCUT2D eigenvalue weighted by molar-refractivity contribution is 1.20. The molecular weight excluding hydrogens is 331 g/mol. The highest BCUT2D eigenvalue weighted by Gasteiger charge is 2.16. The summed E-state index contributed by atoms with van der Waals surface area (Å²) in [4.78, 5) is 0. The van der Waals surface area contributed by atoms with Gasteiger partial charge in [0, 0.05) is 0 Å². The summed E-state index contributed by atoms with van der Waals surface area (Å²) in [6.07, 6.45) is 0.974. The van der Waals surface area contributed by atoms with Gasteiger partial charge in [-0.1, -0.05) is 115 Å². The molecule has 0 aliphatic rings. The van der Waals surface area contributed by atoms with Gasteiger partial charge in [-0.25, -0.2) is 0 Å². The van der Waals surface area contributed by atoms with Gasteiger partial charge in [0.1, 0.15) is 0 Å². The monoisotopic (exact) mass is 352 g/mol. The third kappa shape index (κ3) is 3.93. The Morgan fingerprint density at radius 3 is 1.46 bits per heavy atom. The van der Waals surface area contributed by atoms with Crippen molar-refractivity contribution in [3.05, 3.63) is 126 Å². The summed E-state index contributed by atoms with van der Waals surface area (Å²) in [5.74, 6) is 0. The van der Waals surface area contributed by atoms with Crippen molar-refractivity contribution in [1.82, 2.24) is 0 Å². The van der Waals surface area contributed by atoms with Gasteiger partial charge in [-0.2, -0.15) is 0 Å². The van der Waals surface area contributed by atoms with E-state index < -0.39 is 7.92 Å². The van der Waals surface area contributed by atoms with Crippen LogP contribution in [0.3, 0.4) is 0 Å². The van der Waals surface area contributed by atoms with Gasteiger partial charge in [0.25, 0.3) is 0 Å². The Kier molecular flexibility index (Phi) is 5.24. The van der Waals surface area contributed by atoms with E-state index in [1.807, 2.05) is 0 Å². The molecule has 0 heterocycles. The van der Waals surface area contributed by atoms with Crippen LogP contribution >= 0.6 is 7.92 Å². The van der Waals surface area contributed by atoms with E-state index in [1.54, 1.807) is 0 Å². The fourth-order valence-corrected chi connectivity index (χ4v) is 5.60. The number of benzene rings is 4. The van der Waals surface area contributed by atoms with Gasteiger partial charge in [-0.05, 0) is 41.4 Å². The van der Waals surface area contributed by atoms with Crippen LogP contribution in [0.2, 0.25) is 0 Å². The Bertz CT molecular complexity index is 907. The molecule has 4 rings (SSSR count). The normalized spacial score (nSPS) is 10.8. The minimum Gasteiger partial charge on any atom is -0.0622 e. The summed E-state index contributed by atoms with van der Waals surface area (Å²) in [7, 11) is -0.537. The summed E-state index contributed by atoms with van der Waals surface area (Å²) < 4.78 is 0. The maximum absolute atomic E-state index is 2.39. The second-order valence-electron chi connectivity index (χ2n) is 6.34. The summed E-state index contributed by atoms with van der Waals surface area (Å²) >= 11 is 0. The van der Waals surface area contributed by atoms with Gasteiger partial charge in [0.15, 0.2) is 0 Å². The summed E-state index contributed by atoms with van der Waals surface area (Å²) in [6.45, 7) is 0. The second-order valence-corrected chi connectivity index (χ2v) is 8.56. The molecule has 0 N–H and O–H groups in total. The van der Waals surface area contributed by atoms with Gasteiger partial charge in [-0.3, -0.25) is 0 Å². The molecule has 26 heavy (non-hydrogen) atoms. The van der Waals surface area contributed by atoms with Crippen LogP contribution in [-0.2, 0) is 6.42 Å². The van der Waals surface area contributed by atoms with Gasteiger partial charge in [0.05, 0.1) is 0 Å². The lowest BCUT2D eigenvalue weighted by atomic mass is 10.1. The molecule has 0 nitrogen and oxygen atoms in total. The highest BCUT2D eigenvalue weighted by atomic mass is 31.1. The molecule has 0 saturated heterocycles. The average molecular weight is 352 g/mol. The van der Waals surface area contributed by atoms with E-state index in [0.717, 1.165) is 6.42 Å². The van der Waals surface area contributed by atoms with Crippen LogP contribution in [0, 0.1) is 0 Å². The topological polar surface area (TPSA) is 0 Å². The van der Waals surface area contributed by atoms with E-state index in [0.29, 0.717) is 0 Å². The van der Waals surface area contributed by atoms with Crippen LogP contribution in [-0.4, -0.2) is 0 Å². The van der Waals surface area contributed by atoms with Gasteiger partial charge in [0.2, 0.25) is 0 Å². The Morgan fingerprint density at radius 1 is 0.423 bits per heavy atom. The molecule has 0 aliphatic heterocycles. The Labute approximate surface area is 156 Å². The van der Waals surface area contributed by atoms with Crippen molar-refractivity contribution in [3.63, 3.8) is 0 Å². The predicted molar refractivity (Wildman–Crippen MR) is 114 cm³/mol. The van der Waals surface area contributed by atoms with Crippen molar-refractivity contribution in [2.45, 2.75) is 6.42 Å². The highest BCUT2D eigenvalue weighted by Crippen LogP contribution is 2.32. The third-order valence-electron chi connectivity index (χ3n) is 4.45. The van der Waals surface area contributed by atoms with Gasteiger partial charge in [-0.15, -0.1) is 0 Å². The van der Waals surface area contributed by atoms with Crippen molar-refractivity contribution < 1.29 is 0 Å². The maximum Gasteiger partial charge on any atom is -0.00255 e. The largest absolute Gasteiger partial charge is 0.0622 e. The fraction of sp³-hybridized carbons (Fsp3) is 0.0400. The van der Waals surface area contributed by atoms with Crippen LogP contribution in [0.25, 0.3) is 0 Å². The lowest BCUT2D eigenvalue weighted by Gasteiger charge is -2.20. The number of hydrogen-bond acceptors (Lipinski definition) is 0. The average Bonchev–Trinajstić information content (AvgIpc) is 2.71. The molecule has 1 heteroatoms. The molecule has 0 amide bonds. The van der Waals surface area contributed by atoms with Gasteiger partial charge >= 0.3 is 0 Å². The van der Waals surface area contributed by atoms with Gasteiger partial charge < -0.3 is 0 Å². The van der Waals surface area contributed by atoms with Crippen molar-refractivity contribution in [2.75, 3.05) is 0 Å². The first-order valence-corrected chi connectivity index (χ1v) is 10.3. The first-order chi connectivity index (χ1) is 12.9. The molecule has 0 unspecified atom stereocenters. The van der Waals surface area contributed by atoms with Crippen LogP contribution < -0.4 is 15.9 Å². The molecule has 0 radical (unpaired) electrons. The standard InChI is InChI=1S/C25H21P/c1-4-11-21(12-5-1)19-22-13-10-18-25(20-22)26(23-14-6-2-7-15-23)24-16-8-3-9-17-24/h1-18,20H,19H2. The molecule has 4 aromatic carbocycles. The zero-order valence-corrected chi connectivity index (χ0v) is 15.5. The van der Waals surface area contributed by atoms with E-state index in [1.165, 1.54) is 27.0 Å². The zero-order valence-electron chi connectivity index (χ0n) is 14.6. The van der Waals surface area contributed by atoms with E-state index in [2.05, 4.69) is 115 Å². The lowest BCUT2D eigenvalue weighted by Crippen LogP contribution is -2.20. The van der Waals surface area contributed by atoms with E-state index in [-0.39, 0.29) is 0 Å². The predicted octanol–water partition coefficient (Wildman–Crippen LogP) is 5.04. The Hall–Kier alpha value is -2.69. The molecule has 0 fully saturated rings. The minimum atomic E-state index is -0.537. The van der Waals surface area contributed by atoms with Crippen LogP contribution in [0.1, 0.15) is 11.1 Å². The maximum atomic E-state index is 2.39. The molecule has 126 valence electrons. The first kappa shape index (κ1) is 16.8. The van der Waals surface area contributed by atoms with Crippen molar-refractivity contribution in [3.8, 4) is 0 Å². The van der Waals surface area contributed by atoms with Crippen molar-refractivity contribution in [2.24, 2.45) is 0 Å². The summed E-state index contributed by atoms with van der Waals surface area (Å²) in [5.41, 5.74) is 2.72. The first-order valence-electron chi connectivity index (χ1n) is 8.93. The smallest absolute Gasteiger partial charge is 0.00255 e. The molecule has 0 bridgehead atoms. The van der Waals surface area contributed by atoms with Crippen LogP contribution in [0.15, 0.2) is 115 Å². The Morgan fingerprint density at radius 2 is 0.885 bits per heavy atom. The fourth-order valence-electron chi connectivity index (χ4n) is 3.24. The van der Waals surface area contributed by atoms with Crippen LogP contribution in [0.5, 0.6) is 0 Å². The van der Waals surface area contributed by atoms with Crippen molar-refractivity contribution in [1.29, 1.82) is 0 Å². The van der Waals surface area contributed by atoms with E-state index in [9.17, 15) is 0 Å². The number of rotatable bonds is 5. The molecule has 0 saturated carbocycles. The summed E-state index contributed by atoms with van der Waals surface area (Å²) in [6, 6.07) is 41.6. The molecular formula is C25H21P. The highest BCUT2D eigenvalue weighted by molar-refractivity contribution is 7.79. The zero-order chi connectivity index (χ0) is 17.6. The molecule has 0 spiro atoms.